The summed E-state index contributed by atoms with van der Waals surface area (Å²) in [7, 11) is 0. The molecule has 0 saturated carbocycles. The van der Waals surface area contributed by atoms with Crippen LogP contribution in [-0.4, -0.2) is 15.8 Å². The van der Waals surface area contributed by atoms with Crippen molar-refractivity contribution in [2.45, 2.75) is 24.7 Å². The number of rotatable bonds is 5. The molecular formula is C25H16F6N2O. The second kappa shape index (κ2) is 8.89. The van der Waals surface area contributed by atoms with Crippen molar-refractivity contribution in [1.29, 1.82) is 0 Å². The summed E-state index contributed by atoms with van der Waals surface area (Å²) >= 11 is 0. The van der Waals surface area contributed by atoms with Gasteiger partial charge in [0.25, 0.3) is 0 Å². The molecule has 3 nitrogen and oxygen atoms in total. The summed E-state index contributed by atoms with van der Waals surface area (Å²) in [6.45, 7) is 0. The molecule has 0 fully saturated rings. The third-order valence-corrected chi connectivity index (χ3v) is 5.43. The Bertz CT molecular complexity index is 1330. The van der Waals surface area contributed by atoms with Crippen LogP contribution in [0.15, 0.2) is 79.1 Å². The van der Waals surface area contributed by atoms with Gasteiger partial charge in [-0.1, -0.05) is 30.3 Å². The summed E-state index contributed by atoms with van der Waals surface area (Å²) in [6.07, 6.45) is -7.09. The normalized spacial score (nSPS) is 13.1. The first-order chi connectivity index (χ1) is 16.0. The number of hydrogen-bond acceptors (Lipinski definition) is 3. The average Bonchev–Trinajstić information content (AvgIpc) is 2.81. The van der Waals surface area contributed by atoms with Crippen LogP contribution in [0.25, 0.3) is 10.9 Å². The van der Waals surface area contributed by atoms with E-state index in [2.05, 4.69) is 9.97 Å². The Morgan fingerprint density at radius 2 is 1.47 bits per heavy atom. The maximum Gasteiger partial charge on any atom is 0.418 e. The van der Waals surface area contributed by atoms with Crippen molar-refractivity contribution in [3.63, 3.8) is 0 Å². The number of nitrogens with zero attached hydrogens (tertiary/aromatic N) is 2. The number of benzene rings is 2. The number of Topliss-reactive ketones (excluding diaryl/α,β-unsaturated/α-hetero) is 1. The third-order valence-electron chi connectivity index (χ3n) is 5.43. The third kappa shape index (κ3) is 4.93. The van der Waals surface area contributed by atoms with Gasteiger partial charge in [0.15, 0.2) is 5.78 Å². The van der Waals surface area contributed by atoms with Crippen LogP contribution in [0.3, 0.4) is 0 Å². The first-order valence-electron chi connectivity index (χ1n) is 10.1. The zero-order valence-electron chi connectivity index (χ0n) is 17.4. The molecule has 34 heavy (non-hydrogen) atoms. The Labute approximate surface area is 190 Å². The molecule has 2 aromatic carbocycles. The SMILES string of the molecule is O=C(C[C@@H](c1ccc(C(F)(F)F)cc1)c1ncccc1C(F)(F)F)c1ccc2cccnc2c1. The zero-order valence-corrected chi connectivity index (χ0v) is 17.4. The van der Waals surface area contributed by atoms with E-state index in [0.717, 1.165) is 48.0 Å². The van der Waals surface area contributed by atoms with Crippen LogP contribution in [0, 0.1) is 0 Å². The van der Waals surface area contributed by atoms with Crippen LogP contribution in [-0.2, 0) is 12.4 Å². The number of pyridine rings is 2. The van der Waals surface area contributed by atoms with Gasteiger partial charge in [-0.2, -0.15) is 26.3 Å². The molecule has 4 rings (SSSR count). The summed E-state index contributed by atoms with van der Waals surface area (Å²) in [5.74, 6) is -1.71. The number of hydrogen-bond donors (Lipinski definition) is 0. The minimum Gasteiger partial charge on any atom is -0.294 e. The number of carbonyl (C=O) groups excluding carboxylic acids is 1. The van der Waals surface area contributed by atoms with Crippen LogP contribution in [0.1, 0.15) is 45.1 Å². The maximum absolute atomic E-state index is 13.7. The molecule has 0 aliphatic heterocycles. The van der Waals surface area contributed by atoms with Crippen molar-refractivity contribution in [3.05, 3.63) is 107 Å². The van der Waals surface area contributed by atoms with Crippen LogP contribution in [0.2, 0.25) is 0 Å². The van der Waals surface area contributed by atoms with E-state index in [9.17, 15) is 31.1 Å². The van der Waals surface area contributed by atoms with Crippen LogP contribution in [0.4, 0.5) is 26.3 Å². The summed E-state index contributed by atoms with van der Waals surface area (Å²) < 4.78 is 80.1. The lowest BCUT2D eigenvalue weighted by molar-refractivity contribution is -0.139. The lowest BCUT2D eigenvalue weighted by Crippen LogP contribution is -2.17. The van der Waals surface area contributed by atoms with E-state index in [1.165, 1.54) is 6.07 Å². The summed E-state index contributed by atoms with van der Waals surface area (Å²) in [5, 5.41) is 0.780. The van der Waals surface area contributed by atoms with Crippen molar-refractivity contribution in [3.8, 4) is 0 Å². The predicted molar refractivity (Wildman–Crippen MR) is 113 cm³/mol. The highest BCUT2D eigenvalue weighted by Gasteiger charge is 2.37. The molecule has 2 aromatic heterocycles. The van der Waals surface area contributed by atoms with Gasteiger partial charge in [0.05, 0.1) is 22.3 Å². The fourth-order valence-corrected chi connectivity index (χ4v) is 3.75. The van der Waals surface area contributed by atoms with Gasteiger partial charge in [0, 0.05) is 35.7 Å². The second-order valence-electron chi connectivity index (χ2n) is 7.64. The van der Waals surface area contributed by atoms with Crippen molar-refractivity contribution in [2.75, 3.05) is 0 Å². The molecule has 0 bridgehead atoms. The lowest BCUT2D eigenvalue weighted by atomic mass is 9.86. The van der Waals surface area contributed by atoms with Gasteiger partial charge in [-0.25, -0.2) is 0 Å². The van der Waals surface area contributed by atoms with E-state index in [1.807, 2.05) is 0 Å². The van der Waals surface area contributed by atoms with Gasteiger partial charge in [0.1, 0.15) is 0 Å². The van der Waals surface area contributed by atoms with Crippen molar-refractivity contribution >= 4 is 16.7 Å². The summed E-state index contributed by atoms with van der Waals surface area (Å²) in [4.78, 5) is 21.2. The van der Waals surface area contributed by atoms with Crippen molar-refractivity contribution in [1.82, 2.24) is 9.97 Å². The van der Waals surface area contributed by atoms with Crippen LogP contribution in [0.5, 0.6) is 0 Å². The molecule has 0 aliphatic carbocycles. The highest BCUT2D eigenvalue weighted by Crippen LogP contribution is 2.39. The van der Waals surface area contributed by atoms with Crippen LogP contribution < -0.4 is 0 Å². The zero-order chi connectivity index (χ0) is 24.5. The van der Waals surface area contributed by atoms with Gasteiger partial charge in [0.2, 0.25) is 0 Å². The fourth-order valence-electron chi connectivity index (χ4n) is 3.75. The number of halogens is 6. The lowest BCUT2D eigenvalue weighted by Gasteiger charge is -2.21. The summed E-state index contributed by atoms with van der Waals surface area (Å²) in [6, 6.07) is 13.9. The van der Waals surface area contributed by atoms with Gasteiger partial charge in [-0.15, -0.1) is 0 Å². The molecule has 4 aromatic rings. The van der Waals surface area contributed by atoms with Gasteiger partial charge < -0.3 is 0 Å². The van der Waals surface area contributed by atoms with E-state index in [4.69, 9.17) is 0 Å². The number of aromatic nitrogens is 2. The number of alkyl halides is 6. The van der Waals surface area contributed by atoms with Gasteiger partial charge in [-0.3, -0.25) is 14.8 Å². The van der Waals surface area contributed by atoms with E-state index in [-0.39, 0.29) is 11.1 Å². The number of ketones is 1. The number of carbonyl (C=O) groups is 1. The topological polar surface area (TPSA) is 42.9 Å². The molecule has 1 atom stereocenters. The molecule has 0 unspecified atom stereocenters. The second-order valence-corrected chi connectivity index (χ2v) is 7.64. The Morgan fingerprint density at radius 1 is 0.794 bits per heavy atom. The van der Waals surface area contributed by atoms with E-state index in [1.54, 1.807) is 30.5 Å². The Balaban J connectivity index is 1.77. The predicted octanol–water partition coefficient (Wildman–Crippen LogP) is 7.07. The summed E-state index contributed by atoms with van der Waals surface area (Å²) in [5.41, 5.74) is -1.54. The molecule has 2 heterocycles. The van der Waals surface area contributed by atoms with E-state index in [0.29, 0.717) is 5.52 Å². The highest BCUT2D eigenvalue weighted by molar-refractivity contribution is 5.99. The molecule has 174 valence electrons. The van der Waals surface area contributed by atoms with Gasteiger partial charge >= 0.3 is 12.4 Å². The molecule has 0 saturated heterocycles. The van der Waals surface area contributed by atoms with E-state index >= 15 is 0 Å². The highest BCUT2D eigenvalue weighted by atomic mass is 19.4. The largest absolute Gasteiger partial charge is 0.418 e. The molecule has 0 aliphatic rings. The molecule has 0 N–H and O–H groups in total. The quantitative estimate of drug-likeness (QED) is 0.230. The van der Waals surface area contributed by atoms with E-state index < -0.39 is 47.3 Å². The first kappa shape index (κ1) is 23.4. The first-order valence-corrected chi connectivity index (χ1v) is 10.1. The van der Waals surface area contributed by atoms with Gasteiger partial charge in [-0.05, 0) is 42.0 Å². The molecule has 0 amide bonds. The molecular weight excluding hydrogens is 458 g/mol. The Hall–Kier alpha value is -3.75. The Morgan fingerprint density at radius 3 is 2.15 bits per heavy atom. The smallest absolute Gasteiger partial charge is 0.294 e. The Kier molecular flexibility index (Phi) is 6.12. The molecule has 9 heteroatoms. The maximum atomic E-state index is 13.7. The molecule has 0 spiro atoms. The van der Waals surface area contributed by atoms with Crippen molar-refractivity contribution < 1.29 is 31.1 Å². The minimum atomic E-state index is -4.76. The number of fused-ring (bicyclic) bond motifs is 1. The average molecular weight is 474 g/mol. The fraction of sp³-hybridized carbons (Fsp3) is 0.160. The minimum absolute atomic E-state index is 0.115. The van der Waals surface area contributed by atoms with Crippen LogP contribution >= 0.6 is 0 Å². The van der Waals surface area contributed by atoms with Crippen molar-refractivity contribution in [2.24, 2.45) is 0 Å². The standard InChI is InChI=1S/C25H16F6N2O/c26-24(27,28)18-9-7-15(8-10-18)19(23-20(25(29,30)31)4-2-12-33-23)14-22(34)17-6-5-16-3-1-11-32-21(16)13-17/h1-13,19H,14H2/t19-/m0/s1. The molecule has 0 radical (unpaired) electrons. The monoisotopic (exact) mass is 474 g/mol.